The molecule has 2 rings (SSSR count). The molecule has 0 aliphatic carbocycles. The molecule has 2 aromatic rings. The van der Waals surface area contributed by atoms with Crippen molar-refractivity contribution in [3.05, 3.63) is 52.4 Å². The third-order valence-corrected chi connectivity index (χ3v) is 3.02. The predicted molar refractivity (Wildman–Crippen MR) is 72.9 cm³/mol. The lowest BCUT2D eigenvalue weighted by Crippen LogP contribution is -2.27. The smallest absolute Gasteiger partial charge is 0.227 e. The molecule has 1 aromatic carbocycles. The second-order valence-corrected chi connectivity index (χ2v) is 4.92. The number of benzene rings is 1. The van der Waals surface area contributed by atoms with E-state index in [0.29, 0.717) is 18.0 Å². The van der Waals surface area contributed by atoms with Crippen LogP contribution in [0.25, 0.3) is 0 Å². The molecular formula is C14H15ClN2O2. The average Bonchev–Trinajstić information content (AvgIpc) is 2.77. The van der Waals surface area contributed by atoms with Crippen LogP contribution < -0.4 is 0 Å². The summed E-state index contributed by atoms with van der Waals surface area (Å²) in [6.45, 7) is 2.27. The maximum absolute atomic E-state index is 12.0. The van der Waals surface area contributed by atoms with Gasteiger partial charge in [-0.3, -0.25) is 4.79 Å². The average molecular weight is 279 g/mol. The van der Waals surface area contributed by atoms with E-state index in [2.05, 4.69) is 5.16 Å². The molecule has 1 amide bonds. The first-order valence-electron chi connectivity index (χ1n) is 5.95. The third kappa shape index (κ3) is 3.83. The van der Waals surface area contributed by atoms with Gasteiger partial charge in [-0.25, -0.2) is 0 Å². The van der Waals surface area contributed by atoms with Gasteiger partial charge < -0.3 is 9.42 Å². The first-order valence-corrected chi connectivity index (χ1v) is 6.33. The van der Waals surface area contributed by atoms with Crippen molar-refractivity contribution in [1.82, 2.24) is 10.1 Å². The van der Waals surface area contributed by atoms with E-state index in [1.54, 1.807) is 24.1 Å². The Kier molecular flexibility index (Phi) is 4.22. The van der Waals surface area contributed by atoms with Crippen LogP contribution in [0, 0.1) is 6.92 Å². The van der Waals surface area contributed by atoms with Crippen molar-refractivity contribution in [2.75, 3.05) is 7.05 Å². The number of hydrogen-bond acceptors (Lipinski definition) is 3. The van der Waals surface area contributed by atoms with Crippen LogP contribution in [-0.4, -0.2) is 23.0 Å². The second kappa shape index (κ2) is 5.89. The van der Waals surface area contributed by atoms with E-state index in [9.17, 15) is 4.79 Å². The van der Waals surface area contributed by atoms with Crippen molar-refractivity contribution in [1.29, 1.82) is 0 Å². The molecule has 1 aromatic heterocycles. The minimum atomic E-state index is 0.0305. The van der Waals surface area contributed by atoms with Crippen LogP contribution in [0.1, 0.15) is 17.0 Å². The number of rotatable bonds is 4. The van der Waals surface area contributed by atoms with Crippen molar-refractivity contribution < 1.29 is 9.32 Å². The summed E-state index contributed by atoms with van der Waals surface area (Å²) in [5.41, 5.74) is 1.70. The van der Waals surface area contributed by atoms with E-state index in [1.807, 2.05) is 25.1 Å². The molecule has 0 radical (unpaired) electrons. The lowest BCUT2D eigenvalue weighted by Gasteiger charge is -2.15. The highest BCUT2D eigenvalue weighted by molar-refractivity contribution is 6.30. The first kappa shape index (κ1) is 13.6. The van der Waals surface area contributed by atoms with Gasteiger partial charge in [0.2, 0.25) is 5.91 Å². The van der Waals surface area contributed by atoms with E-state index in [0.717, 1.165) is 17.0 Å². The Labute approximate surface area is 117 Å². The molecule has 0 N–H and O–H groups in total. The largest absolute Gasteiger partial charge is 0.361 e. The summed E-state index contributed by atoms with van der Waals surface area (Å²) in [4.78, 5) is 13.7. The van der Waals surface area contributed by atoms with Gasteiger partial charge in [-0.2, -0.15) is 0 Å². The molecule has 0 spiro atoms. The van der Waals surface area contributed by atoms with Gasteiger partial charge in [0, 0.05) is 18.1 Å². The molecule has 5 heteroatoms. The highest BCUT2D eigenvalue weighted by atomic mass is 35.5. The molecule has 19 heavy (non-hydrogen) atoms. The van der Waals surface area contributed by atoms with Gasteiger partial charge >= 0.3 is 0 Å². The molecular weight excluding hydrogens is 264 g/mol. The lowest BCUT2D eigenvalue weighted by atomic mass is 10.1. The number of aryl methyl sites for hydroxylation is 1. The first-order chi connectivity index (χ1) is 9.04. The summed E-state index contributed by atoms with van der Waals surface area (Å²) in [5.74, 6) is 0.775. The van der Waals surface area contributed by atoms with Gasteiger partial charge in [0.1, 0.15) is 11.5 Å². The number of hydrogen-bond donors (Lipinski definition) is 0. The van der Waals surface area contributed by atoms with Crippen LogP contribution in [-0.2, 0) is 17.8 Å². The summed E-state index contributed by atoms with van der Waals surface area (Å²) in [6, 6.07) is 9.10. The van der Waals surface area contributed by atoms with E-state index >= 15 is 0 Å². The molecule has 0 saturated heterocycles. The molecule has 0 saturated carbocycles. The van der Waals surface area contributed by atoms with Crippen LogP contribution in [0.5, 0.6) is 0 Å². The topological polar surface area (TPSA) is 46.3 Å². The predicted octanol–water partition coefficient (Wildman–Crippen LogP) is 2.84. The van der Waals surface area contributed by atoms with Gasteiger partial charge in [0.25, 0.3) is 0 Å². The molecule has 0 unspecified atom stereocenters. The number of carbonyl (C=O) groups excluding carboxylic acids is 1. The fourth-order valence-corrected chi connectivity index (χ4v) is 1.86. The van der Waals surface area contributed by atoms with Crippen LogP contribution in [0.2, 0.25) is 5.02 Å². The number of likely N-dealkylation sites (N-methyl/N-ethyl adjacent to an activating group) is 1. The monoisotopic (exact) mass is 278 g/mol. The van der Waals surface area contributed by atoms with Crippen molar-refractivity contribution >= 4 is 17.5 Å². The van der Waals surface area contributed by atoms with E-state index in [1.165, 1.54) is 0 Å². The van der Waals surface area contributed by atoms with Crippen LogP contribution in [0.15, 0.2) is 34.9 Å². The van der Waals surface area contributed by atoms with Gasteiger partial charge in [-0.1, -0.05) is 28.9 Å². The summed E-state index contributed by atoms with van der Waals surface area (Å²) in [5, 5.41) is 4.54. The van der Waals surface area contributed by atoms with Crippen molar-refractivity contribution in [3.63, 3.8) is 0 Å². The van der Waals surface area contributed by atoms with Crippen LogP contribution in [0.3, 0.4) is 0 Å². The zero-order chi connectivity index (χ0) is 13.8. The third-order valence-electron chi connectivity index (χ3n) is 2.77. The second-order valence-electron chi connectivity index (χ2n) is 4.48. The summed E-state index contributed by atoms with van der Waals surface area (Å²) in [6.07, 6.45) is 0.352. The number of halogens is 1. The fourth-order valence-electron chi connectivity index (χ4n) is 1.74. The van der Waals surface area contributed by atoms with E-state index < -0.39 is 0 Å². The maximum atomic E-state index is 12.0. The minimum Gasteiger partial charge on any atom is -0.361 e. The van der Waals surface area contributed by atoms with Crippen LogP contribution in [0.4, 0.5) is 0 Å². The lowest BCUT2D eigenvalue weighted by molar-refractivity contribution is -0.129. The molecule has 0 aliphatic rings. The van der Waals surface area contributed by atoms with Crippen molar-refractivity contribution in [2.24, 2.45) is 0 Å². The SMILES string of the molecule is Cc1cc(CN(C)C(=O)Cc2ccc(Cl)cc2)no1. The van der Waals surface area contributed by atoms with Crippen LogP contribution >= 0.6 is 11.6 Å². The normalized spacial score (nSPS) is 10.5. The van der Waals surface area contributed by atoms with Crippen molar-refractivity contribution in [3.8, 4) is 0 Å². The molecule has 0 atom stereocenters. The number of aromatic nitrogens is 1. The Bertz CT molecular complexity index is 563. The Morgan fingerprint density at radius 1 is 1.37 bits per heavy atom. The summed E-state index contributed by atoms with van der Waals surface area (Å²) < 4.78 is 4.97. The maximum Gasteiger partial charge on any atom is 0.227 e. The molecule has 0 fully saturated rings. The number of amides is 1. The fraction of sp³-hybridized carbons (Fsp3) is 0.286. The van der Waals surface area contributed by atoms with Gasteiger partial charge in [-0.15, -0.1) is 0 Å². The van der Waals surface area contributed by atoms with Gasteiger partial charge in [-0.05, 0) is 24.6 Å². The Balaban J connectivity index is 1.94. The van der Waals surface area contributed by atoms with Crippen molar-refractivity contribution in [2.45, 2.75) is 19.9 Å². The zero-order valence-electron chi connectivity index (χ0n) is 10.9. The number of carbonyl (C=O) groups is 1. The quantitative estimate of drug-likeness (QED) is 0.864. The Morgan fingerprint density at radius 2 is 2.05 bits per heavy atom. The highest BCUT2D eigenvalue weighted by Gasteiger charge is 2.12. The summed E-state index contributed by atoms with van der Waals surface area (Å²) in [7, 11) is 1.75. The van der Waals surface area contributed by atoms with E-state index in [-0.39, 0.29) is 5.91 Å². The molecule has 1 heterocycles. The molecule has 4 nitrogen and oxygen atoms in total. The number of nitrogens with zero attached hydrogens (tertiary/aromatic N) is 2. The molecule has 100 valence electrons. The van der Waals surface area contributed by atoms with Gasteiger partial charge in [0.05, 0.1) is 13.0 Å². The zero-order valence-corrected chi connectivity index (χ0v) is 11.6. The van der Waals surface area contributed by atoms with Gasteiger partial charge in [0.15, 0.2) is 0 Å². The Morgan fingerprint density at radius 3 is 2.63 bits per heavy atom. The Hall–Kier alpha value is -1.81. The summed E-state index contributed by atoms with van der Waals surface area (Å²) >= 11 is 5.81. The molecule has 0 aliphatic heterocycles. The highest BCUT2D eigenvalue weighted by Crippen LogP contribution is 2.11. The minimum absolute atomic E-state index is 0.0305. The molecule has 0 bridgehead atoms. The standard InChI is InChI=1S/C14H15ClN2O2/c1-10-7-13(16-19-10)9-17(2)14(18)8-11-3-5-12(15)6-4-11/h3-7H,8-9H2,1-2H3. The van der Waals surface area contributed by atoms with E-state index in [4.69, 9.17) is 16.1 Å².